The molecule has 27 heavy (non-hydrogen) atoms. The zero-order valence-electron chi connectivity index (χ0n) is 14.7. The molecule has 1 aliphatic rings. The highest BCUT2D eigenvalue weighted by atomic mass is 32.2. The molecule has 1 aromatic heterocycles. The van der Waals surface area contributed by atoms with Gasteiger partial charge in [0, 0.05) is 36.7 Å². The van der Waals surface area contributed by atoms with E-state index in [0.717, 1.165) is 0 Å². The van der Waals surface area contributed by atoms with Crippen LogP contribution in [0.5, 0.6) is 0 Å². The van der Waals surface area contributed by atoms with E-state index in [2.05, 4.69) is 20.9 Å². The molecular weight excluding hydrogens is 368 g/mol. The zero-order valence-corrected chi connectivity index (χ0v) is 15.5. The third-order valence-electron chi connectivity index (χ3n) is 4.07. The molecule has 1 aliphatic heterocycles. The molecule has 0 saturated carbocycles. The summed E-state index contributed by atoms with van der Waals surface area (Å²) in [5.41, 5.74) is 2.17. The van der Waals surface area contributed by atoms with Crippen LogP contribution < -0.4 is 16.0 Å². The monoisotopic (exact) mass is 388 g/mol. The lowest BCUT2D eigenvalue weighted by atomic mass is 10.2. The van der Waals surface area contributed by atoms with Crippen LogP contribution in [0, 0.1) is 0 Å². The Balaban J connectivity index is 1.64. The van der Waals surface area contributed by atoms with Crippen LogP contribution >= 0.6 is 0 Å². The zero-order chi connectivity index (χ0) is 19.4. The van der Waals surface area contributed by atoms with E-state index in [1.807, 2.05) is 0 Å². The maximum atomic E-state index is 12.4. The molecule has 1 saturated heterocycles. The second kappa shape index (κ2) is 7.75. The summed E-state index contributed by atoms with van der Waals surface area (Å²) in [4.78, 5) is 27.5. The van der Waals surface area contributed by atoms with Crippen LogP contribution in [-0.4, -0.2) is 42.8 Å². The van der Waals surface area contributed by atoms with Crippen LogP contribution in [0.4, 0.5) is 17.1 Å². The van der Waals surface area contributed by atoms with Gasteiger partial charge in [0.25, 0.3) is 5.91 Å². The van der Waals surface area contributed by atoms with E-state index in [1.54, 1.807) is 36.5 Å². The molecule has 0 bridgehead atoms. The number of carbonyl (C=O) groups excluding carboxylic acids is 2. The predicted molar refractivity (Wildman–Crippen MR) is 104 cm³/mol. The first-order valence-electron chi connectivity index (χ1n) is 8.42. The number of pyridine rings is 1. The number of amides is 2. The number of anilines is 3. The number of sulfone groups is 1. The molecule has 2 aromatic rings. The van der Waals surface area contributed by atoms with Gasteiger partial charge in [-0.05, 0) is 36.8 Å². The Morgan fingerprint density at radius 2 is 1.70 bits per heavy atom. The minimum absolute atomic E-state index is 0.0874. The van der Waals surface area contributed by atoms with Gasteiger partial charge in [0.15, 0.2) is 9.84 Å². The highest BCUT2D eigenvalue weighted by molar-refractivity contribution is 7.91. The van der Waals surface area contributed by atoms with Crippen molar-refractivity contribution in [2.45, 2.75) is 19.4 Å². The van der Waals surface area contributed by atoms with Gasteiger partial charge in [-0.25, -0.2) is 8.42 Å². The van der Waals surface area contributed by atoms with E-state index in [0.29, 0.717) is 29.0 Å². The van der Waals surface area contributed by atoms with Crippen LogP contribution in [0.3, 0.4) is 0 Å². The van der Waals surface area contributed by atoms with E-state index in [4.69, 9.17) is 0 Å². The Morgan fingerprint density at radius 3 is 2.30 bits per heavy atom. The molecule has 3 rings (SSSR count). The lowest BCUT2D eigenvalue weighted by Crippen LogP contribution is -2.21. The van der Waals surface area contributed by atoms with Crippen LogP contribution in [0.1, 0.15) is 23.7 Å². The first kappa shape index (κ1) is 18.8. The van der Waals surface area contributed by atoms with E-state index in [9.17, 15) is 18.0 Å². The van der Waals surface area contributed by atoms with Crippen molar-refractivity contribution in [3.63, 3.8) is 0 Å². The van der Waals surface area contributed by atoms with Crippen molar-refractivity contribution in [3.8, 4) is 0 Å². The van der Waals surface area contributed by atoms with E-state index in [-0.39, 0.29) is 29.4 Å². The fraction of sp³-hybridized carbons (Fsp3) is 0.278. The third-order valence-corrected chi connectivity index (χ3v) is 5.83. The molecule has 8 nitrogen and oxygen atoms in total. The molecule has 142 valence electrons. The Morgan fingerprint density at radius 1 is 1.04 bits per heavy atom. The van der Waals surface area contributed by atoms with Crippen LogP contribution in [-0.2, 0) is 14.6 Å². The fourth-order valence-electron chi connectivity index (χ4n) is 2.83. The average Bonchev–Trinajstić information content (AvgIpc) is 2.95. The largest absolute Gasteiger partial charge is 0.380 e. The minimum atomic E-state index is -2.98. The number of benzene rings is 1. The highest BCUT2D eigenvalue weighted by Gasteiger charge is 2.27. The highest BCUT2D eigenvalue weighted by Crippen LogP contribution is 2.19. The van der Waals surface area contributed by atoms with Crippen LogP contribution in [0.25, 0.3) is 0 Å². The molecule has 9 heteroatoms. The van der Waals surface area contributed by atoms with Gasteiger partial charge in [-0.2, -0.15) is 0 Å². The first-order chi connectivity index (χ1) is 12.8. The molecule has 1 atom stereocenters. The van der Waals surface area contributed by atoms with Crippen LogP contribution in [0.15, 0.2) is 42.7 Å². The molecular formula is C18H20N4O4S. The summed E-state index contributed by atoms with van der Waals surface area (Å²) < 4.78 is 23.1. The van der Waals surface area contributed by atoms with Gasteiger partial charge in [-0.15, -0.1) is 0 Å². The SMILES string of the molecule is CC(=O)Nc1ccc(NC(=O)c2cncc(NC3CCS(=O)(=O)C3)c2)cc1. The normalized spacial score (nSPS) is 17.9. The molecule has 2 heterocycles. The van der Waals surface area contributed by atoms with Crippen molar-refractivity contribution in [1.82, 2.24) is 4.98 Å². The summed E-state index contributed by atoms with van der Waals surface area (Å²) in [5, 5.41) is 8.53. The first-order valence-corrected chi connectivity index (χ1v) is 10.2. The van der Waals surface area contributed by atoms with Crippen molar-refractivity contribution in [1.29, 1.82) is 0 Å². The fourth-order valence-corrected chi connectivity index (χ4v) is 4.50. The molecule has 0 spiro atoms. The lowest BCUT2D eigenvalue weighted by Gasteiger charge is -2.13. The quantitative estimate of drug-likeness (QED) is 0.720. The van der Waals surface area contributed by atoms with Gasteiger partial charge in [-0.3, -0.25) is 14.6 Å². The summed E-state index contributed by atoms with van der Waals surface area (Å²) >= 11 is 0. The minimum Gasteiger partial charge on any atom is -0.380 e. The summed E-state index contributed by atoms with van der Waals surface area (Å²) in [6.07, 6.45) is 3.54. The predicted octanol–water partition coefficient (Wildman–Crippen LogP) is 1.89. The average molecular weight is 388 g/mol. The van der Waals surface area contributed by atoms with Gasteiger partial charge >= 0.3 is 0 Å². The molecule has 1 aromatic carbocycles. The summed E-state index contributed by atoms with van der Waals surface area (Å²) in [7, 11) is -2.98. The lowest BCUT2D eigenvalue weighted by molar-refractivity contribution is -0.114. The second-order valence-electron chi connectivity index (χ2n) is 6.42. The van der Waals surface area contributed by atoms with Gasteiger partial charge in [0.2, 0.25) is 5.91 Å². The third kappa shape index (κ3) is 5.27. The summed E-state index contributed by atoms with van der Waals surface area (Å²) in [5.74, 6) is -0.244. The molecule has 3 N–H and O–H groups in total. The number of rotatable bonds is 5. The Kier molecular flexibility index (Phi) is 5.41. The summed E-state index contributed by atoms with van der Waals surface area (Å²) in [6.45, 7) is 1.42. The molecule has 0 aliphatic carbocycles. The van der Waals surface area contributed by atoms with Crippen molar-refractivity contribution >= 4 is 38.7 Å². The second-order valence-corrected chi connectivity index (χ2v) is 8.65. The Hall–Kier alpha value is -2.94. The standard InChI is InChI=1S/C18H20N4O4S/c1-12(23)20-14-2-4-15(5-3-14)22-18(24)13-8-17(10-19-9-13)21-16-6-7-27(25,26)11-16/h2-5,8-10,16,21H,6-7,11H2,1H3,(H,20,23)(H,22,24). The van der Waals surface area contributed by atoms with Crippen molar-refractivity contribution < 1.29 is 18.0 Å². The van der Waals surface area contributed by atoms with Crippen LogP contribution in [0.2, 0.25) is 0 Å². The number of hydrogen-bond acceptors (Lipinski definition) is 6. The van der Waals surface area contributed by atoms with E-state index >= 15 is 0 Å². The Bertz CT molecular complexity index is 958. The maximum absolute atomic E-state index is 12.4. The van der Waals surface area contributed by atoms with E-state index in [1.165, 1.54) is 13.1 Å². The van der Waals surface area contributed by atoms with Gasteiger partial charge in [0.05, 0.1) is 22.8 Å². The summed E-state index contributed by atoms with van der Waals surface area (Å²) in [6, 6.07) is 8.21. The number of carbonyl (C=O) groups is 2. The maximum Gasteiger partial charge on any atom is 0.257 e. The van der Waals surface area contributed by atoms with E-state index < -0.39 is 9.84 Å². The topological polar surface area (TPSA) is 117 Å². The number of hydrogen-bond donors (Lipinski definition) is 3. The molecule has 1 unspecified atom stereocenters. The van der Waals surface area contributed by atoms with Crippen molar-refractivity contribution in [3.05, 3.63) is 48.3 Å². The van der Waals surface area contributed by atoms with Gasteiger partial charge in [-0.1, -0.05) is 0 Å². The van der Waals surface area contributed by atoms with Gasteiger partial charge < -0.3 is 16.0 Å². The smallest absolute Gasteiger partial charge is 0.257 e. The van der Waals surface area contributed by atoms with Gasteiger partial charge in [0.1, 0.15) is 0 Å². The molecule has 1 fully saturated rings. The number of nitrogens with zero attached hydrogens (tertiary/aromatic N) is 1. The molecule has 0 radical (unpaired) electrons. The number of nitrogens with one attached hydrogen (secondary N) is 3. The Labute approximate surface area is 157 Å². The van der Waals surface area contributed by atoms with Crippen molar-refractivity contribution in [2.75, 3.05) is 27.5 Å². The number of aromatic nitrogens is 1. The van der Waals surface area contributed by atoms with Crippen molar-refractivity contribution in [2.24, 2.45) is 0 Å². The molecule has 2 amide bonds.